The molecule has 1 aliphatic carbocycles. The van der Waals surface area contributed by atoms with Gasteiger partial charge in [-0.2, -0.15) is 0 Å². The summed E-state index contributed by atoms with van der Waals surface area (Å²) < 4.78 is 5.94. The number of hydrogen-bond acceptors (Lipinski definition) is 2. The number of fused-ring (bicyclic) bond motifs is 1. The van der Waals surface area contributed by atoms with Crippen LogP contribution in [0.4, 0.5) is 0 Å². The molecular formula is C25H30O3. The molecule has 0 unspecified atom stereocenters. The number of methoxy groups -OCH3 is 1. The van der Waals surface area contributed by atoms with Crippen LogP contribution in [0.3, 0.4) is 0 Å². The lowest BCUT2D eigenvalue weighted by atomic mass is 9.61. The van der Waals surface area contributed by atoms with E-state index in [4.69, 9.17) is 9.84 Å². The quantitative estimate of drug-likeness (QED) is 0.642. The van der Waals surface area contributed by atoms with Crippen LogP contribution in [0, 0.1) is 6.92 Å². The SMILES string of the molecule is COc1c(C=Cc2ccc(C(=O)O)cc2)cc(C)c2c1C(C)(C)CCC2(C)C. The number of carboxylic acid groups (broad SMARTS) is 1. The molecule has 0 bridgehead atoms. The van der Waals surface area contributed by atoms with Crippen LogP contribution in [-0.2, 0) is 10.8 Å². The molecule has 3 rings (SSSR count). The second kappa shape index (κ2) is 7.12. The summed E-state index contributed by atoms with van der Waals surface area (Å²) in [5.74, 6) is 0.0455. The molecular weight excluding hydrogens is 348 g/mol. The summed E-state index contributed by atoms with van der Waals surface area (Å²) in [4.78, 5) is 11.0. The molecule has 148 valence electrons. The Labute approximate surface area is 168 Å². The van der Waals surface area contributed by atoms with E-state index in [-0.39, 0.29) is 10.8 Å². The normalized spacial score (nSPS) is 17.4. The third-order valence-corrected chi connectivity index (χ3v) is 6.05. The Bertz CT molecular complexity index is 931. The predicted molar refractivity (Wildman–Crippen MR) is 115 cm³/mol. The van der Waals surface area contributed by atoms with Gasteiger partial charge in [0.25, 0.3) is 0 Å². The molecule has 0 atom stereocenters. The van der Waals surface area contributed by atoms with E-state index in [1.165, 1.54) is 23.1 Å². The second-order valence-electron chi connectivity index (χ2n) is 9.09. The van der Waals surface area contributed by atoms with Gasteiger partial charge in [-0.05, 0) is 65.5 Å². The van der Waals surface area contributed by atoms with Crippen molar-refractivity contribution in [1.82, 2.24) is 0 Å². The molecule has 0 amide bonds. The van der Waals surface area contributed by atoms with Crippen molar-refractivity contribution in [3.05, 3.63) is 63.7 Å². The number of aryl methyl sites for hydroxylation is 1. The van der Waals surface area contributed by atoms with Crippen molar-refractivity contribution in [2.75, 3.05) is 7.11 Å². The van der Waals surface area contributed by atoms with Crippen LogP contribution in [0.25, 0.3) is 12.2 Å². The summed E-state index contributed by atoms with van der Waals surface area (Å²) in [5.41, 5.74) is 6.56. The van der Waals surface area contributed by atoms with Crippen LogP contribution in [0.1, 0.15) is 78.7 Å². The molecule has 0 aromatic heterocycles. The molecule has 3 nitrogen and oxygen atoms in total. The van der Waals surface area contributed by atoms with Gasteiger partial charge in [0, 0.05) is 11.1 Å². The first kappa shape index (κ1) is 20.2. The van der Waals surface area contributed by atoms with Gasteiger partial charge in [0.15, 0.2) is 0 Å². The van der Waals surface area contributed by atoms with Gasteiger partial charge in [-0.15, -0.1) is 0 Å². The summed E-state index contributed by atoms with van der Waals surface area (Å²) in [6.07, 6.45) is 6.38. The maximum atomic E-state index is 11.0. The number of rotatable bonds is 4. The Morgan fingerprint density at radius 2 is 1.57 bits per heavy atom. The van der Waals surface area contributed by atoms with Gasteiger partial charge in [0.05, 0.1) is 12.7 Å². The summed E-state index contributed by atoms with van der Waals surface area (Å²) in [6.45, 7) is 11.5. The minimum Gasteiger partial charge on any atom is -0.496 e. The molecule has 0 aliphatic heterocycles. The first-order valence-corrected chi connectivity index (χ1v) is 9.81. The zero-order valence-electron chi connectivity index (χ0n) is 17.7. The molecule has 28 heavy (non-hydrogen) atoms. The van der Waals surface area contributed by atoms with Crippen LogP contribution >= 0.6 is 0 Å². The molecule has 1 aliphatic rings. The largest absolute Gasteiger partial charge is 0.496 e. The Morgan fingerprint density at radius 3 is 2.11 bits per heavy atom. The van der Waals surface area contributed by atoms with Crippen molar-refractivity contribution in [2.24, 2.45) is 0 Å². The summed E-state index contributed by atoms with van der Waals surface area (Å²) >= 11 is 0. The van der Waals surface area contributed by atoms with Crippen LogP contribution in [0.2, 0.25) is 0 Å². The van der Waals surface area contributed by atoms with Gasteiger partial charge >= 0.3 is 5.97 Å². The molecule has 2 aromatic carbocycles. The maximum Gasteiger partial charge on any atom is 0.335 e. The van der Waals surface area contributed by atoms with Crippen LogP contribution in [-0.4, -0.2) is 18.2 Å². The van der Waals surface area contributed by atoms with Crippen molar-refractivity contribution in [3.8, 4) is 5.75 Å². The van der Waals surface area contributed by atoms with Crippen LogP contribution in [0.15, 0.2) is 30.3 Å². The van der Waals surface area contributed by atoms with Crippen molar-refractivity contribution in [2.45, 2.75) is 58.3 Å². The van der Waals surface area contributed by atoms with Crippen LogP contribution < -0.4 is 4.74 Å². The van der Waals surface area contributed by atoms with E-state index in [1.807, 2.05) is 18.2 Å². The lowest BCUT2D eigenvalue weighted by molar-refractivity contribution is 0.0697. The monoisotopic (exact) mass is 378 g/mol. The number of benzene rings is 2. The van der Waals surface area contributed by atoms with Crippen molar-refractivity contribution in [3.63, 3.8) is 0 Å². The minimum atomic E-state index is -0.910. The zero-order chi connectivity index (χ0) is 20.7. The van der Waals surface area contributed by atoms with E-state index < -0.39 is 5.97 Å². The highest BCUT2D eigenvalue weighted by Crippen LogP contribution is 2.51. The molecule has 3 heteroatoms. The van der Waals surface area contributed by atoms with Gasteiger partial charge in [-0.25, -0.2) is 4.79 Å². The molecule has 0 saturated heterocycles. The number of hydrogen-bond donors (Lipinski definition) is 1. The number of aromatic carboxylic acids is 1. The van der Waals surface area contributed by atoms with Gasteiger partial charge < -0.3 is 9.84 Å². The van der Waals surface area contributed by atoms with Gasteiger partial charge in [0.1, 0.15) is 5.75 Å². The van der Waals surface area contributed by atoms with Gasteiger partial charge in [-0.3, -0.25) is 0 Å². The number of carboxylic acids is 1. The Kier molecular flexibility index (Phi) is 5.14. The minimum absolute atomic E-state index is 0.0634. The standard InChI is InChI=1S/C25H30O3/c1-16-15-19(12-9-17-7-10-18(11-8-17)23(26)27)22(28-6)21-20(16)24(2,3)13-14-25(21,4)5/h7-12,15H,13-14H2,1-6H3,(H,26,27). The number of carbonyl (C=O) groups is 1. The molecule has 1 N–H and O–H groups in total. The molecule has 0 fully saturated rings. The molecule has 0 spiro atoms. The smallest absolute Gasteiger partial charge is 0.335 e. The van der Waals surface area contributed by atoms with E-state index in [0.29, 0.717) is 5.56 Å². The molecule has 2 aromatic rings. The topological polar surface area (TPSA) is 46.5 Å². The summed E-state index contributed by atoms with van der Waals surface area (Å²) in [5, 5.41) is 9.05. The fourth-order valence-electron chi connectivity index (χ4n) is 4.49. The lowest BCUT2D eigenvalue weighted by Crippen LogP contribution is -2.35. The first-order valence-electron chi connectivity index (χ1n) is 9.81. The van der Waals surface area contributed by atoms with E-state index >= 15 is 0 Å². The second-order valence-corrected chi connectivity index (χ2v) is 9.09. The Balaban J connectivity index is 2.10. The highest BCUT2D eigenvalue weighted by Gasteiger charge is 2.40. The average Bonchev–Trinajstić information content (AvgIpc) is 2.63. The maximum absolute atomic E-state index is 11.0. The predicted octanol–water partition coefficient (Wildman–Crippen LogP) is 6.22. The van der Waals surface area contributed by atoms with Crippen molar-refractivity contribution in [1.29, 1.82) is 0 Å². The van der Waals surface area contributed by atoms with E-state index in [0.717, 1.165) is 23.3 Å². The van der Waals surface area contributed by atoms with E-state index in [1.54, 1.807) is 19.2 Å². The zero-order valence-corrected chi connectivity index (χ0v) is 17.7. The van der Waals surface area contributed by atoms with E-state index in [2.05, 4.69) is 46.8 Å². The van der Waals surface area contributed by atoms with Crippen molar-refractivity contribution < 1.29 is 14.6 Å². The Hall–Kier alpha value is -2.55. The van der Waals surface area contributed by atoms with E-state index in [9.17, 15) is 4.79 Å². The fraction of sp³-hybridized carbons (Fsp3) is 0.400. The lowest BCUT2D eigenvalue weighted by Gasteiger charge is -2.44. The fourth-order valence-corrected chi connectivity index (χ4v) is 4.49. The number of ether oxygens (including phenoxy) is 1. The Morgan fingerprint density at radius 1 is 1.00 bits per heavy atom. The average molecular weight is 379 g/mol. The third kappa shape index (κ3) is 3.58. The van der Waals surface area contributed by atoms with Crippen molar-refractivity contribution >= 4 is 18.1 Å². The van der Waals surface area contributed by atoms with Gasteiger partial charge in [-0.1, -0.05) is 52.0 Å². The first-order chi connectivity index (χ1) is 13.1. The summed E-state index contributed by atoms with van der Waals surface area (Å²) in [7, 11) is 1.75. The third-order valence-electron chi connectivity index (χ3n) is 6.05. The van der Waals surface area contributed by atoms with Gasteiger partial charge in [0.2, 0.25) is 0 Å². The molecule has 0 radical (unpaired) electrons. The molecule has 0 saturated carbocycles. The van der Waals surface area contributed by atoms with Crippen LogP contribution in [0.5, 0.6) is 5.75 Å². The highest BCUT2D eigenvalue weighted by atomic mass is 16.5. The highest BCUT2D eigenvalue weighted by molar-refractivity contribution is 5.88. The molecule has 0 heterocycles. The summed E-state index contributed by atoms with van der Waals surface area (Å²) in [6, 6.07) is 9.12.